The summed E-state index contributed by atoms with van der Waals surface area (Å²) in [5.41, 5.74) is 0.0521. The smallest absolute Gasteiger partial charge is 0.264 e. The van der Waals surface area contributed by atoms with Crippen LogP contribution in [0, 0.1) is 11.7 Å². The monoisotopic (exact) mass is 293 g/mol. The Hall–Kier alpha value is -1.14. The van der Waals surface area contributed by atoms with Gasteiger partial charge < -0.3 is 5.32 Å². The van der Waals surface area contributed by atoms with Crippen molar-refractivity contribution in [3.8, 4) is 0 Å². The van der Waals surface area contributed by atoms with Gasteiger partial charge in [0.25, 0.3) is 15.0 Å². The lowest BCUT2D eigenvalue weighted by Crippen LogP contribution is -2.27. The summed E-state index contributed by atoms with van der Waals surface area (Å²) in [5.74, 6) is -1.19. The van der Waals surface area contributed by atoms with Crippen molar-refractivity contribution in [3.63, 3.8) is 0 Å². The number of benzene rings is 1. The molecule has 1 rings (SSSR count). The van der Waals surface area contributed by atoms with Crippen LogP contribution in [0.1, 0.15) is 24.2 Å². The normalized spacial score (nSPS) is 11.6. The summed E-state index contributed by atoms with van der Waals surface area (Å²) in [7, 11) is 0.865. The molecule has 1 aromatic carbocycles. The maximum atomic E-state index is 13.2. The van der Waals surface area contributed by atoms with Crippen LogP contribution >= 0.6 is 10.7 Å². The Morgan fingerprint density at radius 3 is 2.56 bits per heavy atom. The van der Waals surface area contributed by atoms with Crippen LogP contribution in [0.25, 0.3) is 0 Å². The second-order valence-electron chi connectivity index (χ2n) is 4.19. The van der Waals surface area contributed by atoms with Crippen molar-refractivity contribution in [3.05, 3.63) is 29.6 Å². The van der Waals surface area contributed by atoms with E-state index in [1.165, 1.54) is 6.07 Å². The molecule has 0 radical (unpaired) electrons. The Morgan fingerprint density at radius 1 is 1.44 bits per heavy atom. The molecule has 0 saturated carbocycles. The Kier molecular flexibility index (Phi) is 4.70. The number of amides is 1. The summed E-state index contributed by atoms with van der Waals surface area (Å²) in [6.45, 7) is 4.28. The molecular formula is C11H13ClFNO3S. The zero-order valence-electron chi connectivity index (χ0n) is 9.91. The van der Waals surface area contributed by atoms with E-state index in [-0.39, 0.29) is 11.5 Å². The number of hydrogen-bond acceptors (Lipinski definition) is 3. The minimum atomic E-state index is -4.20. The van der Waals surface area contributed by atoms with Crippen molar-refractivity contribution in [1.29, 1.82) is 0 Å². The zero-order valence-corrected chi connectivity index (χ0v) is 11.5. The van der Waals surface area contributed by atoms with Gasteiger partial charge in [-0.05, 0) is 24.1 Å². The molecule has 0 heterocycles. The molecule has 0 aromatic heterocycles. The predicted molar refractivity (Wildman–Crippen MR) is 66.6 cm³/mol. The van der Waals surface area contributed by atoms with Crippen molar-refractivity contribution in [2.75, 3.05) is 6.54 Å². The molecular weight excluding hydrogens is 281 g/mol. The molecule has 0 unspecified atom stereocenters. The molecule has 100 valence electrons. The number of carbonyl (C=O) groups is 1. The number of hydrogen-bond donors (Lipinski definition) is 1. The van der Waals surface area contributed by atoms with Crippen molar-refractivity contribution in [1.82, 2.24) is 5.32 Å². The fourth-order valence-electron chi connectivity index (χ4n) is 1.23. The molecule has 0 bridgehead atoms. The molecule has 0 fully saturated rings. The maximum absolute atomic E-state index is 13.2. The summed E-state index contributed by atoms with van der Waals surface area (Å²) >= 11 is 0. The molecule has 0 aliphatic carbocycles. The first-order chi connectivity index (χ1) is 8.21. The molecule has 0 spiro atoms. The first kappa shape index (κ1) is 14.9. The van der Waals surface area contributed by atoms with E-state index in [0.717, 1.165) is 12.1 Å². The number of halogens is 2. The average Bonchev–Trinajstić information content (AvgIpc) is 2.24. The highest BCUT2D eigenvalue weighted by atomic mass is 35.7. The predicted octanol–water partition coefficient (Wildman–Crippen LogP) is 2.14. The van der Waals surface area contributed by atoms with E-state index in [2.05, 4.69) is 5.32 Å². The zero-order chi connectivity index (χ0) is 13.9. The number of rotatable bonds is 4. The summed E-state index contributed by atoms with van der Waals surface area (Å²) in [6, 6.07) is 3.03. The molecule has 7 heteroatoms. The maximum Gasteiger partial charge on any atom is 0.264 e. The Balaban J connectivity index is 3.02. The number of carbonyl (C=O) groups excluding carboxylic acids is 1. The Bertz CT molecular complexity index is 557. The van der Waals surface area contributed by atoms with E-state index >= 15 is 0 Å². The molecule has 1 amide bonds. The van der Waals surface area contributed by atoms with Crippen molar-refractivity contribution < 1.29 is 17.6 Å². The van der Waals surface area contributed by atoms with Crippen LogP contribution in [0.15, 0.2) is 23.1 Å². The molecule has 0 aliphatic rings. The first-order valence-corrected chi connectivity index (χ1v) is 7.55. The van der Waals surface area contributed by atoms with Crippen LogP contribution in [0.2, 0.25) is 0 Å². The lowest BCUT2D eigenvalue weighted by atomic mass is 10.2. The molecule has 1 aromatic rings. The van der Waals surface area contributed by atoms with E-state index in [9.17, 15) is 17.6 Å². The lowest BCUT2D eigenvalue weighted by Gasteiger charge is -2.08. The van der Waals surface area contributed by atoms with Gasteiger partial charge >= 0.3 is 0 Å². The van der Waals surface area contributed by atoms with E-state index < -0.39 is 25.7 Å². The summed E-state index contributed by atoms with van der Waals surface area (Å²) < 4.78 is 35.4. The minimum absolute atomic E-state index is 0.0521. The molecule has 0 saturated heterocycles. The van der Waals surface area contributed by atoms with E-state index in [1.807, 2.05) is 13.8 Å². The highest BCUT2D eigenvalue weighted by Crippen LogP contribution is 2.20. The van der Waals surface area contributed by atoms with Gasteiger partial charge in [0, 0.05) is 22.8 Å². The fourth-order valence-corrected chi connectivity index (χ4v) is 2.15. The third-order valence-electron chi connectivity index (χ3n) is 2.13. The van der Waals surface area contributed by atoms with Crippen molar-refractivity contribution >= 4 is 25.6 Å². The van der Waals surface area contributed by atoms with Crippen LogP contribution < -0.4 is 5.32 Å². The van der Waals surface area contributed by atoms with E-state index in [0.29, 0.717) is 6.54 Å². The average molecular weight is 294 g/mol. The van der Waals surface area contributed by atoms with E-state index in [4.69, 9.17) is 10.7 Å². The summed E-state index contributed by atoms with van der Waals surface area (Å²) in [6.07, 6.45) is 0. The van der Waals surface area contributed by atoms with Gasteiger partial charge in [-0.1, -0.05) is 13.8 Å². The molecule has 4 nitrogen and oxygen atoms in total. The lowest BCUT2D eigenvalue weighted by molar-refractivity contribution is 0.0948. The SMILES string of the molecule is CC(C)CNC(=O)c1ccc(F)c(S(=O)(=O)Cl)c1. The highest BCUT2D eigenvalue weighted by Gasteiger charge is 2.18. The second kappa shape index (κ2) is 5.67. The van der Waals surface area contributed by atoms with Gasteiger partial charge in [-0.2, -0.15) is 0 Å². The topological polar surface area (TPSA) is 63.2 Å². The van der Waals surface area contributed by atoms with Gasteiger partial charge in [-0.15, -0.1) is 0 Å². The van der Waals surface area contributed by atoms with Gasteiger partial charge in [-0.3, -0.25) is 4.79 Å². The van der Waals surface area contributed by atoms with Crippen molar-refractivity contribution in [2.45, 2.75) is 18.7 Å². The van der Waals surface area contributed by atoms with Gasteiger partial charge in [0.1, 0.15) is 10.7 Å². The third-order valence-corrected chi connectivity index (χ3v) is 3.46. The summed E-state index contributed by atoms with van der Waals surface area (Å²) in [4.78, 5) is 11.0. The second-order valence-corrected chi connectivity index (χ2v) is 6.72. The van der Waals surface area contributed by atoms with Crippen LogP contribution in [0.5, 0.6) is 0 Å². The van der Waals surface area contributed by atoms with Gasteiger partial charge in [0.05, 0.1) is 0 Å². The van der Waals surface area contributed by atoms with Crippen LogP contribution in [-0.4, -0.2) is 20.9 Å². The summed E-state index contributed by atoms with van der Waals surface area (Å²) in [5, 5.41) is 2.60. The fraction of sp³-hybridized carbons (Fsp3) is 0.364. The van der Waals surface area contributed by atoms with Crippen LogP contribution in [0.3, 0.4) is 0 Å². The quantitative estimate of drug-likeness (QED) is 0.865. The van der Waals surface area contributed by atoms with Crippen LogP contribution in [0.4, 0.5) is 4.39 Å². The minimum Gasteiger partial charge on any atom is -0.352 e. The van der Waals surface area contributed by atoms with Gasteiger partial charge in [-0.25, -0.2) is 12.8 Å². The molecule has 0 aliphatic heterocycles. The first-order valence-electron chi connectivity index (χ1n) is 5.24. The van der Waals surface area contributed by atoms with Gasteiger partial charge in [0.15, 0.2) is 0 Å². The van der Waals surface area contributed by atoms with E-state index in [1.54, 1.807) is 0 Å². The third kappa shape index (κ3) is 3.96. The number of nitrogens with one attached hydrogen (secondary N) is 1. The Labute approximate surface area is 110 Å². The van der Waals surface area contributed by atoms with Gasteiger partial charge in [0.2, 0.25) is 0 Å². The van der Waals surface area contributed by atoms with Crippen molar-refractivity contribution in [2.24, 2.45) is 5.92 Å². The molecule has 1 N–H and O–H groups in total. The molecule has 0 atom stereocenters. The highest BCUT2D eigenvalue weighted by molar-refractivity contribution is 8.13. The standard InChI is InChI=1S/C11H13ClFNO3S/c1-7(2)6-14-11(15)8-3-4-9(13)10(5-8)18(12,16)17/h3-5,7H,6H2,1-2H3,(H,14,15). The Morgan fingerprint density at radius 2 is 2.06 bits per heavy atom. The van der Waals surface area contributed by atoms with Crippen LogP contribution in [-0.2, 0) is 9.05 Å². The molecule has 18 heavy (non-hydrogen) atoms. The largest absolute Gasteiger partial charge is 0.352 e.